The molecule has 0 unspecified atom stereocenters. The number of carbonyl (C=O) groups is 1. The first-order chi connectivity index (χ1) is 4.80. The van der Waals surface area contributed by atoms with E-state index in [1.54, 1.807) is 12.3 Å². The van der Waals surface area contributed by atoms with Crippen molar-refractivity contribution in [3.8, 4) is 0 Å². The van der Waals surface area contributed by atoms with Gasteiger partial charge in [-0.2, -0.15) is 0 Å². The van der Waals surface area contributed by atoms with Gasteiger partial charge in [-0.05, 0) is 6.08 Å². The maximum Gasteiger partial charge on any atom is 0.335 e. The second-order valence-corrected chi connectivity index (χ2v) is 1.85. The molecule has 0 amide bonds. The Bertz CT molecular complexity index is 226. The fraction of sp³-hybridized carbons (Fsp3) is 0.143. The van der Waals surface area contributed by atoms with E-state index in [2.05, 4.69) is 4.99 Å². The van der Waals surface area contributed by atoms with Gasteiger partial charge in [-0.15, -0.1) is 0 Å². The fourth-order valence-electron chi connectivity index (χ4n) is 0.651. The second kappa shape index (κ2) is 2.96. The number of aliphatic carboxylic acids is 1. The normalized spacial score (nSPS) is 16.2. The molecule has 3 nitrogen and oxygen atoms in total. The van der Waals surface area contributed by atoms with Gasteiger partial charge in [-0.25, -0.2) is 4.79 Å². The summed E-state index contributed by atoms with van der Waals surface area (Å²) in [5.74, 6) is -0.901. The van der Waals surface area contributed by atoms with Crippen molar-refractivity contribution in [2.45, 2.75) is 6.42 Å². The average molecular weight is 137 g/mol. The van der Waals surface area contributed by atoms with Crippen LogP contribution in [0.5, 0.6) is 0 Å². The van der Waals surface area contributed by atoms with Gasteiger partial charge in [0.25, 0.3) is 0 Å². The van der Waals surface area contributed by atoms with E-state index in [1.165, 1.54) is 12.3 Å². The van der Waals surface area contributed by atoms with E-state index in [0.717, 1.165) is 0 Å². The van der Waals surface area contributed by atoms with Crippen molar-refractivity contribution in [3.63, 3.8) is 0 Å². The summed E-state index contributed by atoms with van der Waals surface area (Å²) < 4.78 is 0. The lowest BCUT2D eigenvalue weighted by Crippen LogP contribution is -1.96. The molecule has 1 N–H and O–H groups in total. The third-order valence-corrected chi connectivity index (χ3v) is 1.14. The molecule has 3 heteroatoms. The van der Waals surface area contributed by atoms with Crippen LogP contribution in [0.2, 0.25) is 0 Å². The lowest BCUT2D eigenvalue weighted by atomic mass is 10.2. The Morgan fingerprint density at radius 1 is 1.70 bits per heavy atom. The smallest absolute Gasteiger partial charge is 0.335 e. The van der Waals surface area contributed by atoms with Crippen LogP contribution in [0.15, 0.2) is 28.9 Å². The van der Waals surface area contributed by atoms with Gasteiger partial charge < -0.3 is 5.11 Å². The Hall–Kier alpha value is -1.38. The SMILES string of the molecule is O=C(O)C1=CCC=NC=C1. The molecule has 10 heavy (non-hydrogen) atoms. The number of hydrogen-bond donors (Lipinski definition) is 1. The minimum atomic E-state index is -0.901. The molecule has 0 aromatic carbocycles. The van der Waals surface area contributed by atoms with Crippen LogP contribution in [0.3, 0.4) is 0 Å². The molecule has 1 aliphatic heterocycles. The molecule has 0 fully saturated rings. The molecule has 0 atom stereocenters. The molecule has 1 heterocycles. The van der Waals surface area contributed by atoms with Crippen molar-refractivity contribution < 1.29 is 9.90 Å². The largest absolute Gasteiger partial charge is 0.478 e. The Labute approximate surface area is 58.4 Å². The van der Waals surface area contributed by atoms with Crippen LogP contribution < -0.4 is 0 Å². The number of allylic oxidation sites excluding steroid dienone is 1. The zero-order valence-electron chi connectivity index (χ0n) is 5.32. The molecule has 0 aromatic heterocycles. The van der Waals surface area contributed by atoms with Gasteiger partial charge >= 0.3 is 5.97 Å². The van der Waals surface area contributed by atoms with Gasteiger partial charge in [0.15, 0.2) is 0 Å². The molecule has 0 aliphatic carbocycles. The second-order valence-electron chi connectivity index (χ2n) is 1.85. The zero-order valence-corrected chi connectivity index (χ0v) is 5.32. The van der Waals surface area contributed by atoms with Crippen molar-refractivity contribution in [2.24, 2.45) is 4.99 Å². The highest BCUT2D eigenvalue weighted by Gasteiger charge is 2.01. The van der Waals surface area contributed by atoms with E-state index in [0.29, 0.717) is 12.0 Å². The summed E-state index contributed by atoms with van der Waals surface area (Å²) in [5, 5.41) is 8.49. The number of nitrogens with zero attached hydrogens (tertiary/aromatic N) is 1. The Balaban J connectivity index is 2.78. The maximum absolute atomic E-state index is 10.3. The third-order valence-electron chi connectivity index (χ3n) is 1.14. The summed E-state index contributed by atoms with van der Waals surface area (Å²) in [6.07, 6.45) is 6.83. The maximum atomic E-state index is 10.3. The van der Waals surface area contributed by atoms with Crippen molar-refractivity contribution in [1.82, 2.24) is 0 Å². The van der Waals surface area contributed by atoms with Gasteiger partial charge in [0, 0.05) is 18.8 Å². The molecule has 0 bridgehead atoms. The fourth-order valence-corrected chi connectivity index (χ4v) is 0.651. The van der Waals surface area contributed by atoms with Gasteiger partial charge in [-0.1, -0.05) is 6.08 Å². The van der Waals surface area contributed by atoms with Crippen LogP contribution in [0.25, 0.3) is 0 Å². The lowest BCUT2D eigenvalue weighted by molar-refractivity contribution is -0.132. The van der Waals surface area contributed by atoms with Crippen LogP contribution in [0.1, 0.15) is 6.42 Å². The van der Waals surface area contributed by atoms with Gasteiger partial charge in [0.1, 0.15) is 0 Å². The summed E-state index contributed by atoms with van der Waals surface area (Å²) in [4.78, 5) is 14.1. The summed E-state index contributed by atoms with van der Waals surface area (Å²) in [6.45, 7) is 0. The standard InChI is InChI=1S/C7H7NO2/c9-7(10)6-2-1-4-8-5-3-6/h2-5H,1H2,(H,9,10). The molecule has 0 radical (unpaired) electrons. The van der Waals surface area contributed by atoms with Gasteiger partial charge in [-0.3, -0.25) is 4.99 Å². The first kappa shape index (κ1) is 6.74. The first-order valence-corrected chi connectivity index (χ1v) is 2.92. The molecule has 0 saturated carbocycles. The van der Waals surface area contributed by atoms with Crippen molar-refractivity contribution >= 4 is 12.2 Å². The van der Waals surface area contributed by atoms with Crippen molar-refractivity contribution in [2.75, 3.05) is 0 Å². The zero-order chi connectivity index (χ0) is 7.40. The number of carboxylic acid groups (broad SMARTS) is 1. The summed E-state index contributed by atoms with van der Waals surface area (Å²) in [7, 11) is 0. The topological polar surface area (TPSA) is 49.7 Å². The predicted molar refractivity (Wildman–Crippen MR) is 38.0 cm³/mol. The minimum Gasteiger partial charge on any atom is -0.478 e. The summed E-state index contributed by atoms with van der Waals surface area (Å²) in [6, 6.07) is 0. The van der Waals surface area contributed by atoms with Crippen LogP contribution in [-0.4, -0.2) is 17.3 Å². The number of hydrogen-bond acceptors (Lipinski definition) is 2. The van der Waals surface area contributed by atoms with Gasteiger partial charge in [0.2, 0.25) is 0 Å². The summed E-state index contributed by atoms with van der Waals surface area (Å²) >= 11 is 0. The molecular weight excluding hydrogens is 130 g/mol. The molecule has 52 valence electrons. The van der Waals surface area contributed by atoms with E-state index in [4.69, 9.17) is 5.11 Å². The quantitative estimate of drug-likeness (QED) is 0.585. The van der Waals surface area contributed by atoms with Crippen LogP contribution in [0, 0.1) is 0 Å². The highest BCUT2D eigenvalue weighted by Crippen LogP contribution is 2.01. The van der Waals surface area contributed by atoms with E-state index in [1.807, 2.05) is 0 Å². The monoisotopic (exact) mass is 137 g/mol. The highest BCUT2D eigenvalue weighted by atomic mass is 16.4. The summed E-state index contributed by atoms with van der Waals surface area (Å²) in [5.41, 5.74) is 0.303. The van der Waals surface area contributed by atoms with E-state index >= 15 is 0 Å². The van der Waals surface area contributed by atoms with Gasteiger partial charge in [0.05, 0.1) is 5.57 Å². The molecular formula is C7H7NO2. The number of aliphatic imine (C=N–C) groups is 1. The third kappa shape index (κ3) is 1.55. The lowest BCUT2D eigenvalue weighted by Gasteiger charge is -1.88. The molecule has 1 rings (SSSR count). The molecule has 0 spiro atoms. The van der Waals surface area contributed by atoms with E-state index in [-0.39, 0.29) is 0 Å². The molecule has 0 saturated heterocycles. The highest BCUT2D eigenvalue weighted by molar-refractivity contribution is 5.90. The number of rotatable bonds is 1. The first-order valence-electron chi connectivity index (χ1n) is 2.92. The van der Waals surface area contributed by atoms with E-state index < -0.39 is 5.97 Å². The van der Waals surface area contributed by atoms with Crippen molar-refractivity contribution in [1.29, 1.82) is 0 Å². The Morgan fingerprint density at radius 2 is 2.50 bits per heavy atom. The molecule has 1 aliphatic rings. The molecule has 0 aromatic rings. The van der Waals surface area contributed by atoms with Crippen LogP contribution in [-0.2, 0) is 4.79 Å². The Morgan fingerprint density at radius 3 is 3.20 bits per heavy atom. The van der Waals surface area contributed by atoms with Crippen LogP contribution >= 0.6 is 0 Å². The number of carboxylic acids is 1. The average Bonchev–Trinajstić information content (AvgIpc) is 2.12. The Kier molecular flexibility index (Phi) is 1.99. The minimum absolute atomic E-state index is 0.303. The van der Waals surface area contributed by atoms with Crippen molar-refractivity contribution in [3.05, 3.63) is 23.9 Å². The van der Waals surface area contributed by atoms with Crippen LogP contribution in [0.4, 0.5) is 0 Å². The predicted octanol–water partition coefficient (Wildman–Crippen LogP) is 0.986. The van der Waals surface area contributed by atoms with E-state index in [9.17, 15) is 4.79 Å².